The van der Waals surface area contributed by atoms with Crippen molar-refractivity contribution in [2.24, 2.45) is 7.05 Å². The molecule has 0 spiro atoms. The number of aromatic nitrogens is 3. The van der Waals surface area contributed by atoms with Crippen LogP contribution in [0.3, 0.4) is 0 Å². The summed E-state index contributed by atoms with van der Waals surface area (Å²) in [7, 11) is 3.49. The van der Waals surface area contributed by atoms with E-state index in [1.165, 1.54) is 11.8 Å². The molecule has 112 valence electrons. The Kier molecular flexibility index (Phi) is 4.85. The van der Waals surface area contributed by atoms with Gasteiger partial charge in [0.15, 0.2) is 5.16 Å². The zero-order valence-corrected chi connectivity index (χ0v) is 13.3. The van der Waals surface area contributed by atoms with E-state index in [4.69, 9.17) is 4.74 Å². The van der Waals surface area contributed by atoms with Crippen LogP contribution in [0.2, 0.25) is 0 Å². The number of benzene rings is 1. The predicted octanol–water partition coefficient (Wildman–Crippen LogP) is 2.25. The average Bonchev–Trinajstić information content (AvgIpc) is 2.80. The SMILES string of the molecule is COc1ccc(NC(=O)[C@@H](C)Sc2nnc(C)n2C)cc1. The first-order chi connectivity index (χ1) is 10.0. The van der Waals surface area contributed by atoms with Gasteiger partial charge in [-0.1, -0.05) is 11.8 Å². The van der Waals surface area contributed by atoms with E-state index in [0.717, 1.165) is 22.4 Å². The Balaban J connectivity index is 1.97. The number of thioether (sulfide) groups is 1. The number of carbonyl (C=O) groups is 1. The van der Waals surface area contributed by atoms with E-state index in [9.17, 15) is 4.79 Å². The van der Waals surface area contributed by atoms with E-state index in [2.05, 4.69) is 15.5 Å². The normalized spacial score (nSPS) is 12.0. The fourth-order valence-corrected chi connectivity index (χ4v) is 2.48. The highest BCUT2D eigenvalue weighted by atomic mass is 32.2. The van der Waals surface area contributed by atoms with E-state index in [1.807, 2.05) is 25.5 Å². The van der Waals surface area contributed by atoms with Crippen molar-refractivity contribution in [3.63, 3.8) is 0 Å². The number of nitrogens with one attached hydrogen (secondary N) is 1. The van der Waals surface area contributed by atoms with Crippen LogP contribution in [0.1, 0.15) is 12.7 Å². The van der Waals surface area contributed by atoms with Crippen molar-refractivity contribution < 1.29 is 9.53 Å². The van der Waals surface area contributed by atoms with E-state index < -0.39 is 0 Å². The van der Waals surface area contributed by atoms with Gasteiger partial charge in [-0.05, 0) is 38.1 Å². The Morgan fingerprint density at radius 3 is 2.52 bits per heavy atom. The molecule has 2 aromatic rings. The molecule has 2 rings (SSSR count). The van der Waals surface area contributed by atoms with Gasteiger partial charge in [0.25, 0.3) is 0 Å². The number of anilines is 1. The third-order valence-corrected chi connectivity index (χ3v) is 4.20. The van der Waals surface area contributed by atoms with Crippen molar-refractivity contribution in [3.8, 4) is 5.75 Å². The van der Waals surface area contributed by atoms with Crippen LogP contribution in [-0.4, -0.2) is 33.0 Å². The Morgan fingerprint density at radius 2 is 2.00 bits per heavy atom. The van der Waals surface area contributed by atoms with Gasteiger partial charge in [0.1, 0.15) is 11.6 Å². The second kappa shape index (κ2) is 6.62. The minimum absolute atomic E-state index is 0.0779. The fraction of sp³-hybridized carbons (Fsp3) is 0.357. The summed E-state index contributed by atoms with van der Waals surface area (Å²) in [6.07, 6.45) is 0. The lowest BCUT2D eigenvalue weighted by atomic mass is 10.3. The summed E-state index contributed by atoms with van der Waals surface area (Å²) in [5.41, 5.74) is 0.738. The molecule has 0 saturated heterocycles. The second-order valence-corrected chi connectivity index (χ2v) is 5.87. The van der Waals surface area contributed by atoms with Crippen molar-refractivity contribution in [1.29, 1.82) is 0 Å². The number of rotatable bonds is 5. The van der Waals surface area contributed by atoms with Crippen LogP contribution in [0, 0.1) is 6.92 Å². The number of amides is 1. The monoisotopic (exact) mass is 306 g/mol. The van der Waals surface area contributed by atoms with Crippen LogP contribution < -0.4 is 10.1 Å². The molecule has 1 amide bonds. The summed E-state index contributed by atoms with van der Waals surface area (Å²) >= 11 is 1.38. The van der Waals surface area contributed by atoms with Gasteiger partial charge in [-0.2, -0.15) is 0 Å². The average molecular weight is 306 g/mol. The number of nitrogens with zero attached hydrogens (tertiary/aromatic N) is 3. The molecular formula is C14H18N4O2S. The largest absolute Gasteiger partial charge is 0.497 e. The fourth-order valence-electron chi connectivity index (χ4n) is 1.62. The van der Waals surface area contributed by atoms with Crippen LogP contribution >= 0.6 is 11.8 Å². The molecule has 0 aliphatic heterocycles. The molecular weight excluding hydrogens is 288 g/mol. The maximum Gasteiger partial charge on any atom is 0.237 e. The van der Waals surface area contributed by atoms with Gasteiger partial charge in [0.2, 0.25) is 5.91 Å². The number of ether oxygens (including phenoxy) is 1. The first-order valence-electron chi connectivity index (χ1n) is 6.49. The summed E-state index contributed by atoms with van der Waals surface area (Å²) in [5, 5.41) is 11.3. The van der Waals surface area contributed by atoms with Crippen molar-refractivity contribution in [1.82, 2.24) is 14.8 Å². The molecule has 0 aliphatic rings. The summed E-state index contributed by atoms with van der Waals surface area (Å²) in [6.45, 7) is 3.71. The minimum Gasteiger partial charge on any atom is -0.497 e. The van der Waals surface area contributed by atoms with Crippen molar-refractivity contribution in [2.75, 3.05) is 12.4 Å². The van der Waals surface area contributed by atoms with E-state index in [1.54, 1.807) is 31.4 Å². The number of hydrogen-bond donors (Lipinski definition) is 1. The van der Waals surface area contributed by atoms with Crippen LogP contribution in [0.5, 0.6) is 5.75 Å². The van der Waals surface area contributed by atoms with Crippen LogP contribution in [0.15, 0.2) is 29.4 Å². The second-order valence-electron chi connectivity index (χ2n) is 4.57. The summed E-state index contributed by atoms with van der Waals surface area (Å²) in [6, 6.07) is 7.22. The van der Waals surface area contributed by atoms with Crippen LogP contribution in [0.4, 0.5) is 5.69 Å². The van der Waals surface area contributed by atoms with Crippen LogP contribution in [0.25, 0.3) is 0 Å². The first kappa shape index (κ1) is 15.4. The number of carbonyl (C=O) groups excluding carboxylic acids is 1. The molecule has 6 nitrogen and oxygen atoms in total. The lowest BCUT2D eigenvalue weighted by molar-refractivity contribution is -0.115. The zero-order chi connectivity index (χ0) is 15.4. The molecule has 0 radical (unpaired) electrons. The Morgan fingerprint density at radius 1 is 1.33 bits per heavy atom. The van der Waals surface area contributed by atoms with Crippen LogP contribution in [-0.2, 0) is 11.8 Å². The Hall–Kier alpha value is -2.02. The van der Waals surface area contributed by atoms with Gasteiger partial charge in [-0.15, -0.1) is 10.2 Å². The molecule has 1 N–H and O–H groups in total. The quantitative estimate of drug-likeness (QED) is 0.858. The standard InChI is InChI=1S/C14H18N4O2S/c1-9(21-14-17-16-10(2)18(14)3)13(19)15-11-5-7-12(20-4)8-6-11/h5-9H,1-4H3,(H,15,19)/t9-/m1/s1. The van der Waals surface area contributed by atoms with Gasteiger partial charge >= 0.3 is 0 Å². The molecule has 1 aromatic carbocycles. The number of methoxy groups -OCH3 is 1. The first-order valence-corrected chi connectivity index (χ1v) is 7.37. The molecule has 1 heterocycles. The molecule has 1 aromatic heterocycles. The molecule has 21 heavy (non-hydrogen) atoms. The lowest BCUT2D eigenvalue weighted by Crippen LogP contribution is -2.22. The minimum atomic E-state index is -0.269. The van der Waals surface area contributed by atoms with Gasteiger partial charge < -0.3 is 14.6 Å². The van der Waals surface area contributed by atoms with E-state index in [-0.39, 0.29) is 11.2 Å². The number of hydrogen-bond acceptors (Lipinski definition) is 5. The van der Waals surface area contributed by atoms with Gasteiger partial charge in [-0.3, -0.25) is 4.79 Å². The predicted molar refractivity (Wildman–Crippen MR) is 82.7 cm³/mol. The van der Waals surface area contributed by atoms with Crippen molar-refractivity contribution in [3.05, 3.63) is 30.1 Å². The summed E-state index contributed by atoms with van der Waals surface area (Å²) in [5.74, 6) is 1.50. The highest BCUT2D eigenvalue weighted by Gasteiger charge is 2.18. The molecule has 7 heteroatoms. The summed E-state index contributed by atoms with van der Waals surface area (Å²) < 4.78 is 6.94. The molecule has 1 atom stereocenters. The highest BCUT2D eigenvalue weighted by Crippen LogP contribution is 2.23. The molecule has 0 aliphatic carbocycles. The van der Waals surface area contributed by atoms with Gasteiger partial charge in [-0.25, -0.2) is 0 Å². The van der Waals surface area contributed by atoms with Gasteiger partial charge in [0.05, 0.1) is 12.4 Å². The lowest BCUT2D eigenvalue weighted by Gasteiger charge is -2.11. The topological polar surface area (TPSA) is 69.0 Å². The smallest absolute Gasteiger partial charge is 0.237 e. The zero-order valence-electron chi connectivity index (χ0n) is 12.5. The Bertz CT molecular complexity index is 624. The van der Waals surface area contributed by atoms with E-state index in [0.29, 0.717) is 0 Å². The maximum atomic E-state index is 12.2. The molecule has 0 fully saturated rings. The van der Waals surface area contributed by atoms with Crippen molar-refractivity contribution >= 4 is 23.4 Å². The Labute approximate surface area is 127 Å². The van der Waals surface area contributed by atoms with Crippen molar-refractivity contribution in [2.45, 2.75) is 24.3 Å². The molecule has 0 saturated carbocycles. The molecule has 0 unspecified atom stereocenters. The maximum absolute atomic E-state index is 12.2. The van der Waals surface area contributed by atoms with E-state index >= 15 is 0 Å². The third kappa shape index (κ3) is 3.75. The number of aryl methyl sites for hydroxylation is 1. The summed E-state index contributed by atoms with van der Waals surface area (Å²) in [4.78, 5) is 12.2. The van der Waals surface area contributed by atoms with Gasteiger partial charge in [0, 0.05) is 12.7 Å². The third-order valence-electron chi connectivity index (χ3n) is 3.06. The molecule has 0 bridgehead atoms. The highest BCUT2D eigenvalue weighted by molar-refractivity contribution is 8.00.